The molecule has 1 heterocycles. The van der Waals surface area contributed by atoms with Crippen molar-refractivity contribution < 1.29 is 10.0 Å². The van der Waals surface area contributed by atoms with Gasteiger partial charge in [0.25, 0.3) is 5.69 Å². The van der Waals surface area contributed by atoms with E-state index in [1.807, 2.05) is 11.9 Å². The molecule has 1 aliphatic rings. The minimum absolute atomic E-state index is 0.0666. The van der Waals surface area contributed by atoms with E-state index in [4.69, 9.17) is 5.11 Å². The Morgan fingerprint density at radius 1 is 1.43 bits per heavy atom. The van der Waals surface area contributed by atoms with Crippen LogP contribution in [0.2, 0.25) is 0 Å². The molecule has 1 aliphatic heterocycles. The summed E-state index contributed by atoms with van der Waals surface area (Å²) in [4.78, 5) is 15.1. The Morgan fingerprint density at radius 3 is 2.67 bits per heavy atom. The van der Waals surface area contributed by atoms with Gasteiger partial charge in [0, 0.05) is 19.7 Å². The molecule has 0 atom stereocenters. The maximum atomic E-state index is 11.2. The number of nitro benzene ring substituents is 1. The van der Waals surface area contributed by atoms with E-state index in [1.165, 1.54) is 6.07 Å². The molecule has 0 radical (unpaired) electrons. The normalized spacial score (nSPS) is 16.9. The summed E-state index contributed by atoms with van der Waals surface area (Å²) in [6.45, 7) is 2.82. The van der Waals surface area contributed by atoms with E-state index in [0.717, 1.165) is 32.5 Å². The highest BCUT2D eigenvalue weighted by molar-refractivity contribution is 5.64. The zero-order valence-electron chi connectivity index (χ0n) is 12.7. The highest BCUT2D eigenvalue weighted by atomic mass is 16.6. The molecule has 1 aromatic rings. The first-order chi connectivity index (χ1) is 10.0. The van der Waals surface area contributed by atoms with Crippen LogP contribution in [0.15, 0.2) is 18.2 Å². The van der Waals surface area contributed by atoms with Crippen molar-refractivity contribution in [3.8, 4) is 0 Å². The minimum Gasteiger partial charge on any atom is -0.392 e. The zero-order chi connectivity index (χ0) is 15.4. The van der Waals surface area contributed by atoms with E-state index >= 15 is 0 Å². The molecule has 1 fully saturated rings. The molecule has 0 aliphatic carbocycles. The second-order valence-electron chi connectivity index (χ2n) is 5.87. The van der Waals surface area contributed by atoms with Gasteiger partial charge in [0.15, 0.2) is 0 Å². The largest absolute Gasteiger partial charge is 0.392 e. The lowest BCUT2D eigenvalue weighted by atomic mass is 9.96. The third-order valence-electron chi connectivity index (χ3n) is 4.20. The third kappa shape index (κ3) is 3.92. The number of anilines is 1. The Morgan fingerprint density at radius 2 is 2.10 bits per heavy atom. The zero-order valence-corrected chi connectivity index (χ0v) is 12.7. The van der Waals surface area contributed by atoms with E-state index in [-0.39, 0.29) is 17.2 Å². The number of hydrogen-bond acceptors (Lipinski definition) is 5. The lowest BCUT2D eigenvalue weighted by Gasteiger charge is -2.32. The molecule has 21 heavy (non-hydrogen) atoms. The number of piperidine rings is 1. The van der Waals surface area contributed by atoms with E-state index < -0.39 is 0 Å². The Balaban J connectivity index is 2.11. The molecule has 1 saturated heterocycles. The summed E-state index contributed by atoms with van der Waals surface area (Å²) < 4.78 is 0. The van der Waals surface area contributed by atoms with Gasteiger partial charge in [-0.05, 0) is 50.5 Å². The lowest BCUT2D eigenvalue weighted by Crippen LogP contribution is -2.35. The first kappa shape index (κ1) is 15.7. The highest BCUT2D eigenvalue weighted by Gasteiger charge is 2.22. The van der Waals surface area contributed by atoms with Crippen molar-refractivity contribution in [2.75, 3.05) is 38.6 Å². The van der Waals surface area contributed by atoms with Crippen LogP contribution in [-0.4, -0.2) is 48.7 Å². The fourth-order valence-electron chi connectivity index (χ4n) is 2.87. The van der Waals surface area contributed by atoms with Crippen LogP contribution in [0, 0.1) is 16.0 Å². The minimum atomic E-state index is -0.375. The first-order valence-electron chi connectivity index (χ1n) is 7.29. The average Bonchev–Trinajstić information content (AvgIpc) is 2.48. The number of aliphatic hydroxyl groups excluding tert-OH is 1. The summed E-state index contributed by atoms with van der Waals surface area (Å²) >= 11 is 0. The summed E-state index contributed by atoms with van der Waals surface area (Å²) in [7, 11) is 4.03. The molecule has 116 valence electrons. The molecule has 1 aromatic carbocycles. The first-order valence-corrected chi connectivity index (χ1v) is 7.29. The number of hydrogen-bond donors (Lipinski definition) is 1. The quantitative estimate of drug-likeness (QED) is 0.663. The number of nitrogens with zero attached hydrogens (tertiary/aromatic N) is 3. The predicted molar refractivity (Wildman–Crippen MR) is 82.5 cm³/mol. The molecular formula is C15H23N3O3. The second kappa shape index (κ2) is 6.87. The van der Waals surface area contributed by atoms with Gasteiger partial charge in [0.2, 0.25) is 0 Å². The molecule has 1 N–H and O–H groups in total. The fourth-order valence-corrected chi connectivity index (χ4v) is 2.87. The van der Waals surface area contributed by atoms with Crippen molar-refractivity contribution in [1.82, 2.24) is 4.90 Å². The van der Waals surface area contributed by atoms with Gasteiger partial charge in [-0.3, -0.25) is 10.1 Å². The number of rotatable bonds is 5. The van der Waals surface area contributed by atoms with Gasteiger partial charge in [-0.15, -0.1) is 0 Å². The summed E-state index contributed by atoms with van der Waals surface area (Å²) in [5, 5.41) is 20.3. The molecule has 0 amide bonds. The SMILES string of the molecule is CN1CCC(CN(C)c2ccc(CO)cc2[N+](=O)[O-])CC1. The molecule has 0 spiro atoms. The van der Waals surface area contributed by atoms with Crippen LogP contribution in [0.25, 0.3) is 0 Å². The topological polar surface area (TPSA) is 69.8 Å². The lowest BCUT2D eigenvalue weighted by molar-refractivity contribution is -0.384. The molecule has 0 unspecified atom stereocenters. The Hall–Kier alpha value is -1.66. The van der Waals surface area contributed by atoms with E-state index in [2.05, 4.69) is 11.9 Å². The van der Waals surface area contributed by atoms with Crippen LogP contribution < -0.4 is 4.90 Å². The van der Waals surface area contributed by atoms with Crippen LogP contribution in [0.4, 0.5) is 11.4 Å². The Bertz CT molecular complexity index is 499. The average molecular weight is 293 g/mol. The van der Waals surface area contributed by atoms with Crippen molar-refractivity contribution in [3.05, 3.63) is 33.9 Å². The van der Waals surface area contributed by atoms with Crippen LogP contribution >= 0.6 is 0 Å². The number of likely N-dealkylation sites (tertiary alicyclic amines) is 1. The summed E-state index contributed by atoms with van der Waals surface area (Å²) in [5.41, 5.74) is 1.26. The maximum absolute atomic E-state index is 11.2. The van der Waals surface area contributed by atoms with Crippen molar-refractivity contribution in [1.29, 1.82) is 0 Å². The van der Waals surface area contributed by atoms with Crippen molar-refractivity contribution in [2.45, 2.75) is 19.4 Å². The predicted octanol–water partition coefficient (Wildman–Crippen LogP) is 1.87. The second-order valence-corrected chi connectivity index (χ2v) is 5.87. The van der Waals surface area contributed by atoms with Crippen molar-refractivity contribution >= 4 is 11.4 Å². The summed E-state index contributed by atoms with van der Waals surface area (Å²) in [5.74, 6) is 0.573. The number of nitro groups is 1. The van der Waals surface area contributed by atoms with Gasteiger partial charge in [-0.2, -0.15) is 0 Å². The monoisotopic (exact) mass is 293 g/mol. The van der Waals surface area contributed by atoms with Gasteiger partial charge < -0.3 is 14.9 Å². The van der Waals surface area contributed by atoms with E-state index in [1.54, 1.807) is 12.1 Å². The summed E-state index contributed by atoms with van der Waals surface area (Å²) in [6.07, 6.45) is 2.26. The van der Waals surface area contributed by atoms with Gasteiger partial charge in [0.05, 0.1) is 11.5 Å². The van der Waals surface area contributed by atoms with Crippen molar-refractivity contribution in [3.63, 3.8) is 0 Å². The third-order valence-corrected chi connectivity index (χ3v) is 4.20. The molecule has 0 aromatic heterocycles. The van der Waals surface area contributed by atoms with Crippen LogP contribution in [-0.2, 0) is 6.61 Å². The van der Waals surface area contributed by atoms with Gasteiger partial charge in [-0.1, -0.05) is 6.07 Å². The fraction of sp³-hybridized carbons (Fsp3) is 0.600. The molecule has 6 heteroatoms. The Kier molecular flexibility index (Phi) is 5.14. The Labute approximate surface area is 125 Å². The van der Waals surface area contributed by atoms with Gasteiger partial charge >= 0.3 is 0 Å². The highest BCUT2D eigenvalue weighted by Crippen LogP contribution is 2.30. The molecule has 0 saturated carbocycles. The van der Waals surface area contributed by atoms with Crippen LogP contribution in [0.5, 0.6) is 0 Å². The van der Waals surface area contributed by atoms with Crippen molar-refractivity contribution in [2.24, 2.45) is 5.92 Å². The van der Waals surface area contributed by atoms with Crippen LogP contribution in [0.1, 0.15) is 18.4 Å². The standard InChI is InChI=1S/C15H23N3O3/c1-16-7-5-12(6-8-16)10-17(2)14-4-3-13(11-19)9-15(14)18(20)21/h3-4,9,12,19H,5-8,10-11H2,1-2H3. The van der Waals surface area contributed by atoms with Gasteiger partial charge in [-0.25, -0.2) is 0 Å². The number of benzene rings is 1. The van der Waals surface area contributed by atoms with Gasteiger partial charge in [0.1, 0.15) is 5.69 Å². The maximum Gasteiger partial charge on any atom is 0.292 e. The smallest absolute Gasteiger partial charge is 0.292 e. The van der Waals surface area contributed by atoms with E-state index in [0.29, 0.717) is 17.2 Å². The molecule has 0 bridgehead atoms. The molecule has 6 nitrogen and oxygen atoms in total. The van der Waals surface area contributed by atoms with Crippen LogP contribution in [0.3, 0.4) is 0 Å². The summed E-state index contributed by atoms with van der Waals surface area (Å²) in [6, 6.07) is 4.94. The molecule has 2 rings (SSSR count). The number of aliphatic hydroxyl groups is 1. The van der Waals surface area contributed by atoms with E-state index in [9.17, 15) is 10.1 Å². The molecular weight excluding hydrogens is 270 g/mol.